The van der Waals surface area contributed by atoms with Gasteiger partial charge in [0.1, 0.15) is 11.4 Å². The molecule has 1 saturated heterocycles. The van der Waals surface area contributed by atoms with Gasteiger partial charge in [-0.1, -0.05) is 0 Å². The molecule has 1 N–H and O–H groups in total. The highest BCUT2D eigenvalue weighted by Crippen LogP contribution is 2.22. The molecule has 3 heterocycles. The van der Waals surface area contributed by atoms with Crippen molar-refractivity contribution in [3.05, 3.63) is 17.8 Å². The van der Waals surface area contributed by atoms with Gasteiger partial charge in [0.25, 0.3) is 0 Å². The third kappa shape index (κ3) is 4.27. The number of aromatic nitrogens is 5. The number of anilines is 1. The standard InChI is InChI=1S/C17H25N7O2/c1-11-13(15-20-22-23(5)21-15)6-7-14(18-11)19-12-8-9-24(10-12)16(25)26-17(2,3)4/h6-7,12H,8-10H2,1-5H3,(H,18,19)/t12-/m0/s1. The number of ether oxygens (including phenoxy) is 1. The van der Waals surface area contributed by atoms with Crippen molar-refractivity contribution in [3.8, 4) is 11.4 Å². The van der Waals surface area contributed by atoms with E-state index >= 15 is 0 Å². The van der Waals surface area contributed by atoms with Crippen molar-refractivity contribution in [2.24, 2.45) is 7.05 Å². The number of rotatable bonds is 3. The zero-order valence-electron chi connectivity index (χ0n) is 15.9. The van der Waals surface area contributed by atoms with E-state index in [0.717, 1.165) is 23.5 Å². The lowest BCUT2D eigenvalue weighted by Gasteiger charge is -2.24. The Hall–Kier alpha value is -2.71. The van der Waals surface area contributed by atoms with E-state index in [1.807, 2.05) is 39.8 Å². The monoisotopic (exact) mass is 359 g/mol. The molecule has 0 aliphatic carbocycles. The first kappa shape index (κ1) is 18.1. The lowest BCUT2D eigenvalue weighted by Crippen LogP contribution is -2.36. The first-order valence-electron chi connectivity index (χ1n) is 8.68. The second-order valence-electron chi connectivity index (χ2n) is 7.49. The molecule has 1 fully saturated rings. The van der Waals surface area contributed by atoms with Crippen molar-refractivity contribution in [1.29, 1.82) is 0 Å². The summed E-state index contributed by atoms with van der Waals surface area (Å²) < 4.78 is 5.43. The first-order valence-corrected chi connectivity index (χ1v) is 8.68. The van der Waals surface area contributed by atoms with Gasteiger partial charge >= 0.3 is 6.09 Å². The second kappa shape index (κ2) is 6.89. The van der Waals surface area contributed by atoms with Gasteiger partial charge in [-0.3, -0.25) is 0 Å². The molecule has 0 unspecified atom stereocenters. The van der Waals surface area contributed by atoms with Crippen LogP contribution in [0.25, 0.3) is 11.4 Å². The van der Waals surface area contributed by atoms with Crippen molar-refractivity contribution in [1.82, 2.24) is 30.1 Å². The summed E-state index contributed by atoms with van der Waals surface area (Å²) in [5.41, 5.74) is 1.20. The number of nitrogens with zero attached hydrogens (tertiary/aromatic N) is 6. The van der Waals surface area contributed by atoms with Crippen LogP contribution in [0.4, 0.5) is 10.6 Å². The van der Waals surface area contributed by atoms with Gasteiger partial charge in [-0.2, -0.15) is 4.80 Å². The van der Waals surface area contributed by atoms with Gasteiger partial charge in [-0.05, 0) is 51.5 Å². The van der Waals surface area contributed by atoms with Crippen LogP contribution in [-0.4, -0.2) is 60.9 Å². The number of hydrogen-bond donors (Lipinski definition) is 1. The van der Waals surface area contributed by atoms with Gasteiger partial charge in [0.05, 0.1) is 12.7 Å². The summed E-state index contributed by atoms with van der Waals surface area (Å²) in [7, 11) is 1.73. The minimum atomic E-state index is -0.481. The maximum atomic E-state index is 12.2. The fraction of sp³-hybridized carbons (Fsp3) is 0.588. The fourth-order valence-corrected chi connectivity index (χ4v) is 2.85. The highest BCUT2D eigenvalue weighted by molar-refractivity contribution is 5.68. The molecular weight excluding hydrogens is 334 g/mol. The number of nitrogens with one attached hydrogen (secondary N) is 1. The van der Waals surface area contributed by atoms with Crippen LogP contribution in [0.2, 0.25) is 0 Å². The van der Waals surface area contributed by atoms with Crippen LogP contribution < -0.4 is 5.32 Å². The number of amides is 1. The molecular formula is C17H25N7O2. The lowest BCUT2D eigenvalue weighted by molar-refractivity contribution is 0.0293. The molecule has 1 amide bonds. The fourth-order valence-electron chi connectivity index (χ4n) is 2.85. The molecule has 1 aliphatic rings. The lowest BCUT2D eigenvalue weighted by atomic mass is 10.2. The third-order valence-electron chi connectivity index (χ3n) is 4.03. The molecule has 9 nitrogen and oxygen atoms in total. The Labute approximate surface area is 152 Å². The zero-order chi connectivity index (χ0) is 18.9. The van der Waals surface area contributed by atoms with Crippen molar-refractivity contribution < 1.29 is 9.53 Å². The number of pyridine rings is 1. The summed E-state index contributed by atoms with van der Waals surface area (Å²) in [6.07, 6.45) is 0.586. The van der Waals surface area contributed by atoms with Crippen LogP contribution in [0, 0.1) is 6.92 Å². The van der Waals surface area contributed by atoms with Crippen LogP contribution in [0.3, 0.4) is 0 Å². The summed E-state index contributed by atoms with van der Waals surface area (Å²) in [4.78, 5) is 19.9. The van der Waals surface area contributed by atoms with Crippen LogP contribution in [0.5, 0.6) is 0 Å². The van der Waals surface area contributed by atoms with Crippen LogP contribution in [0.15, 0.2) is 12.1 Å². The Bertz CT molecular complexity index is 797. The van der Waals surface area contributed by atoms with E-state index in [1.165, 1.54) is 4.80 Å². The second-order valence-corrected chi connectivity index (χ2v) is 7.49. The van der Waals surface area contributed by atoms with Gasteiger partial charge in [0, 0.05) is 24.7 Å². The van der Waals surface area contributed by atoms with Gasteiger partial charge in [-0.25, -0.2) is 9.78 Å². The molecule has 1 aliphatic heterocycles. The van der Waals surface area contributed by atoms with E-state index in [0.29, 0.717) is 18.9 Å². The largest absolute Gasteiger partial charge is 0.444 e. The molecule has 2 aromatic rings. The molecule has 0 saturated carbocycles. The first-order chi connectivity index (χ1) is 12.2. The number of tetrazole rings is 1. The van der Waals surface area contributed by atoms with Crippen molar-refractivity contribution in [2.45, 2.75) is 45.8 Å². The molecule has 0 aromatic carbocycles. The molecule has 2 aromatic heterocycles. The normalized spacial score (nSPS) is 17.4. The number of aryl methyl sites for hydroxylation is 2. The Kier molecular flexibility index (Phi) is 4.80. The van der Waals surface area contributed by atoms with Gasteiger partial charge in [-0.15, -0.1) is 10.2 Å². The molecule has 0 spiro atoms. The molecule has 0 bridgehead atoms. The molecule has 1 atom stereocenters. The molecule has 140 valence electrons. The maximum Gasteiger partial charge on any atom is 0.410 e. The third-order valence-corrected chi connectivity index (χ3v) is 4.03. The summed E-state index contributed by atoms with van der Waals surface area (Å²) in [5, 5.41) is 15.5. The van der Waals surface area contributed by atoms with Crippen LogP contribution in [-0.2, 0) is 11.8 Å². The summed E-state index contributed by atoms with van der Waals surface area (Å²) >= 11 is 0. The van der Waals surface area contributed by atoms with E-state index in [2.05, 4.69) is 25.7 Å². The van der Waals surface area contributed by atoms with Crippen molar-refractivity contribution in [2.75, 3.05) is 18.4 Å². The predicted molar refractivity (Wildman–Crippen MR) is 96.6 cm³/mol. The van der Waals surface area contributed by atoms with E-state index in [4.69, 9.17) is 4.74 Å². The molecule has 0 radical (unpaired) electrons. The Morgan fingerprint density at radius 2 is 2.12 bits per heavy atom. The quantitative estimate of drug-likeness (QED) is 0.895. The van der Waals surface area contributed by atoms with Crippen molar-refractivity contribution >= 4 is 11.9 Å². The summed E-state index contributed by atoms with van der Waals surface area (Å²) in [6, 6.07) is 3.98. The molecule has 9 heteroatoms. The average molecular weight is 359 g/mol. The van der Waals surface area contributed by atoms with E-state index in [1.54, 1.807) is 11.9 Å². The maximum absolute atomic E-state index is 12.2. The highest BCUT2D eigenvalue weighted by Gasteiger charge is 2.29. The highest BCUT2D eigenvalue weighted by atomic mass is 16.6. The van der Waals surface area contributed by atoms with Crippen LogP contribution in [0.1, 0.15) is 32.9 Å². The smallest absolute Gasteiger partial charge is 0.410 e. The van der Waals surface area contributed by atoms with Crippen LogP contribution >= 0.6 is 0 Å². The average Bonchev–Trinajstić information content (AvgIpc) is 3.15. The van der Waals surface area contributed by atoms with E-state index in [-0.39, 0.29) is 12.1 Å². The van der Waals surface area contributed by atoms with E-state index < -0.39 is 5.60 Å². The minimum Gasteiger partial charge on any atom is -0.444 e. The Balaban J connectivity index is 1.62. The van der Waals surface area contributed by atoms with Gasteiger partial charge < -0.3 is 15.0 Å². The predicted octanol–water partition coefficient (Wildman–Crippen LogP) is 2.00. The SMILES string of the molecule is Cc1nc(N[C@H]2CCN(C(=O)OC(C)(C)C)C2)ccc1-c1nnn(C)n1. The number of carbonyl (C=O) groups is 1. The zero-order valence-corrected chi connectivity index (χ0v) is 15.9. The summed E-state index contributed by atoms with van der Waals surface area (Å²) in [6.45, 7) is 8.81. The molecule has 3 rings (SSSR count). The number of carbonyl (C=O) groups excluding carboxylic acids is 1. The Morgan fingerprint density at radius 3 is 2.73 bits per heavy atom. The topological polar surface area (TPSA) is 98.1 Å². The van der Waals surface area contributed by atoms with Crippen molar-refractivity contribution in [3.63, 3.8) is 0 Å². The number of hydrogen-bond acceptors (Lipinski definition) is 7. The number of likely N-dealkylation sites (tertiary alicyclic amines) is 1. The minimum absolute atomic E-state index is 0.148. The van der Waals surface area contributed by atoms with Gasteiger partial charge in [0.15, 0.2) is 0 Å². The van der Waals surface area contributed by atoms with Gasteiger partial charge in [0.2, 0.25) is 5.82 Å². The Morgan fingerprint density at radius 1 is 1.35 bits per heavy atom. The van der Waals surface area contributed by atoms with E-state index in [9.17, 15) is 4.79 Å². The summed E-state index contributed by atoms with van der Waals surface area (Å²) in [5.74, 6) is 1.33. The molecule has 26 heavy (non-hydrogen) atoms.